The summed E-state index contributed by atoms with van der Waals surface area (Å²) in [5.41, 5.74) is 1.61. The minimum atomic E-state index is -1.22. The number of hydrogen-bond donors (Lipinski definition) is 2. The summed E-state index contributed by atoms with van der Waals surface area (Å²) < 4.78 is 0. The number of nitrogens with one attached hydrogen (secondary N) is 2. The minimum Gasteiger partial charge on any atom is -0.323 e. The number of imide groups is 1. The average molecular weight is 469 g/mol. The number of fused-ring (bicyclic) bond motifs is 1. The Morgan fingerprint density at radius 3 is 2.00 bits per heavy atom. The van der Waals surface area contributed by atoms with Crippen molar-refractivity contribution >= 4 is 35.1 Å². The van der Waals surface area contributed by atoms with E-state index in [1.165, 1.54) is 4.90 Å². The topological polar surface area (TPSA) is 98.8 Å². The predicted octanol–water partition coefficient (Wildman–Crippen LogP) is 2.75. The summed E-state index contributed by atoms with van der Waals surface area (Å²) >= 11 is 0. The van der Waals surface area contributed by atoms with Crippen LogP contribution in [0.15, 0.2) is 84.9 Å². The Bertz CT molecular complexity index is 1250. The fourth-order valence-electron chi connectivity index (χ4n) is 4.69. The van der Waals surface area contributed by atoms with Crippen LogP contribution < -0.4 is 15.5 Å². The van der Waals surface area contributed by atoms with Gasteiger partial charge in [-0.2, -0.15) is 0 Å². The highest BCUT2D eigenvalue weighted by Gasteiger charge is 2.52. The van der Waals surface area contributed by atoms with Crippen LogP contribution in [0.4, 0.5) is 16.2 Å². The highest BCUT2D eigenvalue weighted by atomic mass is 16.2. The molecule has 2 heterocycles. The third kappa shape index (κ3) is 4.38. The van der Waals surface area contributed by atoms with Gasteiger partial charge in [0.15, 0.2) is 0 Å². The lowest BCUT2D eigenvalue weighted by atomic mass is 9.84. The first-order chi connectivity index (χ1) is 16.9. The summed E-state index contributed by atoms with van der Waals surface area (Å²) in [5.74, 6) is -1.30. The van der Waals surface area contributed by atoms with Gasteiger partial charge in [-0.3, -0.25) is 24.2 Å². The first kappa shape index (κ1) is 22.3. The van der Waals surface area contributed by atoms with Crippen molar-refractivity contribution in [2.45, 2.75) is 18.4 Å². The van der Waals surface area contributed by atoms with Gasteiger partial charge in [-0.25, -0.2) is 4.79 Å². The van der Waals surface area contributed by atoms with E-state index >= 15 is 0 Å². The largest absolute Gasteiger partial charge is 0.325 e. The van der Waals surface area contributed by atoms with Crippen LogP contribution >= 0.6 is 0 Å². The van der Waals surface area contributed by atoms with Gasteiger partial charge in [0.05, 0.1) is 11.4 Å². The van der Waals surface area contributed by atoms with E-state index in [9.17, 15) is 19.2 Å². The van der Waals surface area contributed by atoms with Crippen LogP contribution in [0.1, 0.15) is 11.1 Å². The molecule has 0 saturated carbocycles. The maximum absolute atomic E-state index is 13.8. The summed E-state index contributed by atoms with van der Waals surface area (Å²) in [5, 5.41) is 5.62. The Kier molecular flexibility index (Phi) is 5.78. The van der Waals surface area contributed by atoms with Crippen LogP contribution in [0.2, 0.25) is 0 Å². The molecule has 8 heteroatoms. The number of hydrogen-bond acceptors (Lipinski definition) is 4. The van der Waals surface area contributed by atoms with E-state index in [0.717, 1.165) is 16.0 Å². The number of carbonyl (C=O) groups is 4. The van der Waals surface area contributed by atoms with E-state index < -0.39 is 29.9 Å². The van der Waals surface area contributed by atoms with Crippen LogP contribution in [-0.4, -0.2) is 47.3 Å². The smallest absolute Gasteiger partial charge is 0.323 e. The molecule has 2 aliphatic heterocycles. The molecule has 0 bridgehead atoms. The molecule has 0 aromatic heterocycles. The molecule has 0 spiro atoms. The molecular formula is C27H24N4O4. The maximum atomic E-state index is 13.8. The molecule has 8 nitrogen and oxygen atoms in total. The predicted molar refractivity (Wildman–Crippen MR) is 131 cm³/mol. The number of benzene rings is 3. The van der Waals surface area contributed by atoms with Crippen LogP contribution in [-0.2, 0) is 27.2 Å². The van der Waals surface area contributed by atoms with Gasteiger partial charge in [0.1, 0.15) is 18.6 Å². The number of para-hydroxylation sites is 2. The fraction of sp³-hybridized carbons (Fsp3) is 0.185. The quantitative estimate of drug-likeness (QED) is 0.544. The average Bonchev–Trinajstić information content (AvgIpc) is 3.08. The Morgan fingerprint density at radius 2 is 1.37 bits per heavy atom. The van der Waals surface area contributed by atoms with Gasteiger partial charge in [-0.1, -0.05) is 72.8 Å². The van der Waals surface area contributed by atoms with Crippen molar-refractivity contribution in [1.82, 2.24) is 10.2 Å². The molecule has 35 heavy (non-hydrogen) atoms. The molecule has 1 fully saturated rings. The molecule has 2 aliphatic rings. The Morgan fingerprint density at radius 1 is 0.800 bits per heavy atom. The number of anilines is 2. The van der Waals surface area contributed by atoms with Crippen molar-refractivity contribution in [2.75, 3.05) is 23.3 Å². The zero-order valence-corrected chi connectivity index (χ0v) is 18.9. The van der Waals surface area contributed by atoms with Crippen molar-refractivity contribution < 1.29 is 19.2 Å². The van der Waals surface area contributed by atoms with Crippen LogP contribution in [0.5, 0.6) is 0 Å². The normalized spacial score (nSPS) is 16.5. The van der Waals surface area contributed by atoms with Gasteiger partial charge in [-0.15, -0.1) is 0 Å². The van der Waals surface area contributed by atoms with E-state index in [2.05, 4.69) is 10.6 Å². The second-order valence-electron chi connectivity index (χ2n) is 8.77. The van der Waals surface area contributed by atoms with Gasteiger partial charge in [0.2, 0.25) is 11.8 Å². The van der Waals surface area contributed by atoms with Gasteiger partial charge >= 0.3 is 6.03 Å². The second-order valence-corrected chi connectivity index (χ2v) is 8.77. The highest BCUT2D eigenvalue weighted by Crippen LogP contribution is 2.31. The van der Waals surface area contributed by atoms with Crippen LogP contribution in [0.3, 0.4) is 0 Å². The molecule has 5 amide bonds. The highest BCUT2D eigenvalue weighted by molar-refractivity contribution is 6.14. The van der Waals surface area contributed by atoms with E-state index in [0.29, 0.717) is 11.4 Å². The van der Waals surface area contributed by atoms with Gasteiger partial charge in [0, 0.05) is 12.8 Å². The van der Waals surface area contributed by atoms with Gasteiger partial charge in [-0.05, 0) is 23.3 Å². The van der Waals surface area contributed by atoms with Crippen molar-refractivity contribution in [1.29, 1.82) is 0 Å². The SMILES string of the molecule is O=C1CN(C(=O)CN2C(=O)NC(Cc3ccccc3)(Cc3ccccc3)C2=O)c2ccccc2N1. The van der Waals surface area contributed by atoms with Crippen molar-refractivity contribution in [3.63, 3.8) is 0 Å². The number of amides is 5. The Balaban J connectivity index is 1.43. The molecule has 5 rings (SSSR count). The molecule has 0 radical (unpaired) electrons. The van der Waals surface area contributed by atoms with Crippen LogP contribution in [0.25, 0.3) is 0 Å². The number of urea groups is 1. The lowest BCUT2D eigenvalue weighted by Gasteiger charge is -2.30. The zero-order chi connectivity index (χ0) is 24.4. The number of rotatable bonds is 6. The van der Waals surface area contributed by atoms with Crippen molar-refractivity contribution in [2.24, 2.45) is 0 Å². The molecule has 3 aromatic carbocycles. The monoisotopic (exact) mass is 468 g/mol. The second kappa shape index (κ2) is 9.06. The number of nitrogens with zero attached hydrogens (tertiary/aromatic N) is 2. The summed E-state index contributed by atoms with van der Waals surface area (Å²) in [6, 6.07) is 25.2. The number of carbonyl (C=O) groups excluding carboxylic acids is 4. The first-order valence-electron chi connectivity index (χ1n) is 11.4. The lowest BCUT2D eigenvalue weighted by Crippen LogP contribution is -2.52. The minimum absolute atomic E-state index is 0.182. The summed E-state index contributed by atoms with van der Waals surface area (Å²) in [6.45, 7) is -0.643. The lowest BCUT2D eigenvalue weighted by molar-refractivity contribution is -0.134. The molecular weight excluding hydrogens is 444 g/mol. The van der Waals surface area contributed by atoms with E-state index in [-0.39, 0.29) is 25.3 Å². The molecule has 2 N–H and O–H groups in total. The standard InChI is InChI=1S/C27H24N4O4/c32-23-17-30(22-14-8-7-13-21(22)28-23)24(33)18-31-25(34)27(29-26(31)35,15-19-9-3-1-4-10-19)16-20-11-5-2-6-12-20/h1-14H,15-18H2,(H,28,32)(H,29,35). The molecule has 1 saturated heterocycles. The summed E-state index contributed by atoms with van der Waals surface area (Å²) in [6.07, 6.45) is 0.569. The summed E-state index contributed by atoms with van der Waals surface area (Å²) in [4.78, 5) is 54.5. The van der Waals surface area contributed by atoms with Crippen molar-refractivity contribution in [3.05, 3.63) is 96.1 Å². The van der Waals surface area contributed by atoms with E-state index in [4.69, 9.17) is 0 Å². The fourth-order valence-corrected chi connectivity index (χ4v) is 4.69. The van der Waals surface area contributed by atoms with Gasteiger partial charge in [0.25, 0.3) is 5.91 Å². The zero-order valence-electron chi connectivity index (χ0n) is 18.9. The Hall–Kier alpha value is -4.46. The Labute approximate surface area is 202 Å². The van der Waals surface area contributed by atoms with E-state index in [1.807, 2.05) is 60.7 Å². The van der Waals surface area contributed by atoms with E-state index in [1.54, 1.807) is 24.3 Å². The summed E-state index contributed by atoms with van der Waals surface area (Å²) in [7, 11) is 0. The molecule has 0 aliphatic carbocycles. The maximum Gasteiger partial charge on any atom is 0.325 e. The molecule has 3 aromatic rings. The van der Waals surface area contributed by atoms with Crippen molar-refractivity contribution in [3.8, 4) is 0 Å². The molecule has 0 unspecified atom stereocenters. The third-order valence-corrected chi connectivity index (χ3v) is 6.31. The molecule has 176 valence electrons. The van der Waals surface area contributed by atoms with Crippen LogP contribution in [0, 0.1) is 0 Å². The molecule has 0 atom stereocenters. The first-order valence-corrected chi connectivity index (χ1v) is 11.4. The third-order valence-electron chi connectivity index (χ3n) is 6.31. The van der Waals surface area contributed by atoms with Gasteiger partial charge < -0.3 is 10.6 Å².